The number of halogens is 1. The summed E-state index contributed by atoms with van der Waals surface area (Å²) in [5.74, 6) is 0.558. The highest BCUT2D eigenvalue weighted by molar-refractivity contribution is 9.10. The highest BCUT2D eigenvalue weighted by Crippen LogP contribution is 2.46. The molecule has 0 amide bonds. The molecule has 0 bridgehead atoms. The minimum atomic E-state index is -0.750. The third kappa shape index (κ3) is 4.36. The van der Waals surface area contributed by atoms with Gasteiger partial charge in [0.1, 0.15) is 0 Å². The number of aliphatic carboxylic acids is 1. The monoisotopic (exact) mass is 463 g/mol. The standard InChI is InChI=1S/C22H26BrNO5/c1-27-18-11-10-16(20(28-2)21(18)29-3)19(15-8-4-5-9-17(15)23)24-12-6-7-14(13-24)22(25)26/h4-5,8-11,14,19H,6-7,12-13H2,1-3H3,(H,25,26). The molecular formula is C22H26BrNO5. The second-order valence-corrected chi connectivity index (χ2v) is 7.87. The maximum atomic E-state index is 11.7. The van der Waals surface area contributed by atoms with Gasteiger partial charge in [-0.2, -0.15) is 0 Å². The van der Waals surface area contributed by atoms with Crippen LogP contribution in [0.2, 0.25) is 0 Å². The Morgan fingerprint density at radius 3 is 2.41 bits per heavy atom. The second kappa shape index (κ2) is 9.50. The van der Waals surface area contributed by atoms with Gasteiger partial charge in [0.25, 0.3) is 0 Å². The molecule has 0 saturated carbocycles. The van der Waals surface area contributed by atoms with E-state index in [9.17, 15) is 9.90 Å². The summed E-state index contributed by atoms with van der Waals surface area (Å²) in [4.78, 5) is 13.9. The smallest absolute Gasteiger partial charge is 0.307 e. The number of methoxy groups -OCH3 is 3. The number of ether oxygens (including phenoxy) is 3. The van der Waals surface area contributed by atoms with E-state index in [1.807, 2.05) is 30.3 Å². The summed E-state index contributed by atoms with van der Waals surface area (Å²) < 4.78 is 17.7. The van der Waals surface area contributed by atoms with E-state index in [1.165, 1.54) is 0 Å². The van der Waals surface area contributed by atoms with Crippen molar-refractivity contribution >= 4 is 21.9 Å². The number of hydrogen-bond donors (Lipinski definition) is 1. The summed E-state index contributed by atoms with van der Waals surface area (Å²) in [5, 5.41) is 9.59. The molecule has 1 N–H and O–H groups in total. The molecule has 1 heterocycles. The van der Waals surface area contributed by atoms with Crippen molar-refractivity contribution in [1.29, 1.82) is 0 Å². The van der Waals surface area contributed by atoms with E-state index in [4.69, 9.17) is 14.2 Å². The minimum absolute atomic E-state index is 0.192. The molecule has 6 nitrogen and oxygen atoms in total. The Hall–Kier alpha value is -2.25. The first-order chi connectivity index (χ1) is 14.0. The van der Waals surface area contributed by atoms with Gasteiger partial charge in [-0.3, -0.25) is 9.69 Å². The summed E-state index contributed by atoms with van der Waals surface area (Å²) in [6.07, 6.45) is 1.52. The van der Waals surface area contributed by atoms with Gasteiger partial charge >= 0.3 is 5.97 Å². The maximum absolute atomic E-state index is 11.7. The van der Waals surface area contributed by atoms with E-state index in [0.717, 1.165) is 28.6 Å². The van der Waals surface area contributed by atoms with E-state index in [-0.39, 0.29) is 12.0 Å². The molecular weight excluding hydrogens is 438 g/mol. The molecule has 156 valence electrons. The fourth-order valence-electron chi connectivity index (χ4n) is 4.04. The molecule has 0 aromatic heterocycles. The molecule has 3 rings (SSSR count). The predicted molar refractivity (Wildman–Crippen MR) is 114 cm³/mol. The van der Waals surface area contributed by atoms with Crippen molar-refractivity contribution in [1.82, 2.24) is 4.90 Å². The molecule has 7 heteroatoms. The molecule has 2 unspecified atom stereocenters. The summed E-state index contributed by atoms with van der Waals surface area (Å²) in [6.45, 7) is 1.27. The Kier molecular flexibility index (Phi) is 7.03. The number of piperidine rings is 1. The Labute approximate surface area is 179 Å². The first-order valence-electron chi connectivity index (χ1n) is 9.52. The predicted octanol–water partition coefficient (Wildman–Crippen LogP) is 4.36. The van der Waals surface area contributed by atoms with Crippen LogP contribution in [0.1, 0.15) is 30.0 Å². The quantitative estimate of drug-likeness (QED) is 0.657. The van der Waals surface area contributed by atoms with Gasteiger partial charge in [-0.1, -0.05) is 34.1 Å². The molecule has 0 aliphatic carbocycles. The summed E-state index contributed by atoms with van der Waals surface area (Å²) >= 11 is 3.68. The third-order valence-electron chi connectivity index (χ3n) is 5.40. The number of hydrogen-bond acceptors (Lipinski definition) is 5. The van der Waals surface area contributed by atoms with Gasteiger partial charge in [-0.05, 0) is 43.1 Å². The van der Waals surface area contributed by atoms with E-state index >= 15 is 0 Å². The van der Waals surface area contributed by atoms with Crippen molar-refractivity contribution in [3.05, 3.63) is 52.0 Å². The number of likely N-dealkylation sites (tertiary alicyclic amines) is 1. The van der Waals surface area contributed by atoms with Crippen LogP contribution in [-0.4, -0.2) is 50.4 Å². The van der Waals surface area contributed by atoms with Gasteiger partial charge < -0.3 is 19.3 Å². The molecule has 29 heavy (non-hydrogen) atoms. The van der Waals surface area contributed by atoms with Crippen LogP contribution >= 0.6 is 15.9 Å². The van der Waals surface area contributed by atoms with Crippen LogP contribution in [-0.2, 0) is 4.79 Å². The van der Waals surface area contributed by atoms with Crippen LogP contribution in [0.5, 0.6) is 17.2 Å². The van der Waals surface area contributed by atoms with E-state index in [2.05, 4.69) is 26.9 Å². The average molecular weight is 464 g/mol. The summed E-state index contributed by atoms with van der Waals surface area (Å²) in [5.41, 5.74) is 1.95. The van der Waals surface area contributed by atoms with Crippen LogP contribution in [0, 0.1) is 5.92 Å². The topological polar surface area (TPSA) is 68.2 Å². The van der Waals surface area contributed by atoms with E-state index < -0.39 is 5.97 Å². The zero-order chi connectivity index (χ0) is 21.0. The Morgan fingerprint density at radius 2 is 1.79 bits per heavy atom. The maximum Gasteiger partial charge on any atom is 0.307 e. The van der Waals surface area contributed by atoms with E-state index in [1.54, 1.807) is 21.3 Å². The fraction of sp³-hybridized carbons (Fsp3) is 0.409. The molecule has 0 radical (unpaired) electrons. The lowest BCUT2D eigenvalue weighted by molar-refractivity contribution is -0.143. The molecule has 1 saturated heterocycles. The SMILES string of the molecule is COc1ccc(C(c2ccccc2Br)N2CCCC(C(=O)O)C2)c(OC)c1OC. The first-order valence-corrected chi connectivity index (χ1v) is 10.3. The second-order valence-electron chi connectivity index (χ2n) is 7.02. The van der Waals surface area contributed by atoms with Crippen molar-refractivity contribution < 1.29 is 24.1 Å². The lowest BCUT2D eigenvalue weighted by Gasteiger charge is -2.38. The van der Waals surface area contributed by atoms with Crippen molar-refractivity contribution in [2.75, 3.05) is 34.4 Å². The van der Waals surface area contributed by atoms with Gasteiger partial charge in [0.05, 0.1) is 33.3 Å². The van der Waals surface area contributed by atoms with Crippen LogP contribution in [0.25, 0.3) is 0 Å². The zero-order valence-electron chi connectivity index (χ0n) is 16.9. The van der Waals surface area contributed by atoms with Crippen molar-refractivity contribution in [2.45, 2.75) is 18.9 Å². The summed E-state index contributed by atoms with van der Waals surface area (Å²) in [6, 6.07) is 11.6. The van der Waals surface area contributed by atoms with Crippen molar-refractivity contribution in [3.63, 3.8) is 0 Å². The lowest BCUT2D eigenvalue weighted by Crippen LogP contribution is -2.41. The largest absolute Gasteiger partial charge is 0.493 e. The molecule has 1 aliphatic rings. The van der Waals surface area contributed by atoms with Gasteiger partial charge in [-0.25, -0.2) is 0 Å². The van der Waals surface area contributed by atoms with Gasteiger partial charge in [0.2, 0.25) is 5.75 Å². The normalized spacial score (nSPS) is 18.1. The Balaban J connectivity index is 2.17. The lowest BCUT2D eigenvalue weighted by atomic mass is 9.90. The van der Waals surface area contributed by atoms with Crippen LogP contribution in [0.4, 0.5) is 0 Å². The zero-order valence-corrected chi connectivity index (χ0v) is 18.4. The third-order valence-corrected chi connectivity index (χ3v) is 6.12. The summed E-state index contributed by atoms with van der Waals surface area (Å²) in [7, 11) is 4.78. The van der Waals surface area contributed by atoms with Crippen molar-refractivity contribution in [2.24, 2.45) is 5.92 Å². The Bertz CT molecular complexity index is 872. The number of carboxylic acids is 1. The fourth-order valence-corrected chi connectivity index (χ4v) is 4.54. The van der Waals surface area contributed by atoms with Crippen molar-refractivity contribution in [3.8, 4) is 17.2 Å². The number of nitrogens with zero attached hydrogens (tertiary/aromatic N) is 1. The van der Waals surface area contributed by atoms with Gasteiger partial charge in [0, 0.05) is 16.6 Å². The Morgan fingerprint density at radius 1 is 1.07 bits per heavy atom. The highest BCUT2D eigenvalue weighted by Gasteiger charge is 2.34. The first kappa shape index (κ1) is 21.5. The molecule has 2 atom stereocenters. The number of carbonyl (C=O) groups is 1. The number of rotatable bonds is 7. The number of carboxylic acid groups (broad SMARTS) is 1. The van der Waals surface area contributed by atoms with Gasteiger partial charge in [-0.15, -0.1) is 0 Å². The van der Waals surface area contributed by atoms with E-state index in [0.29, 0.717) is 30.2 Å². The van der Waals surface area contributed by atoms with Crippen LogP contribution in [0.3, 0.4) is 0 Å². The molecule has 0 spiro atoms. The minimum Gasteiger partial charge on any atom is -0.493 e. The molecule has 1 aliphatic heterocycles. The molecule has 2 aromatic rings. The molecule has 1 fully saturated rings. The average Bonchev–Trinajstić information content (AvgIpc) is 2.74. The van der Waals surface area contributed by atoms with Crippen LogP contribution in [0.15, 0.2) is 40.9 Å². The van der Waals surface area contributed by atoms with Gasteiger partial charge in [0.15, 0.2) is 11.5 Å². The highest BCUT2D eigenvalue weighted by atomic mass is 79.9. The number of benzene rings is 2. The van der Waals surface area contributed by atoms with Crippen LogP contribution < -0.4 is 14.2 Å². The molecule has 2 aromatic carbocycles.